The van der Waals surface area contributed by atoms with E-state index < -0.39 is 0 Å². The van der Waals surface area contributed by atoms with Crippen LogP contribution >= 0.6 is 0 Å². The van der Waals surface area contributed by atoms with Gasteiger partial charge in [0, 0.05) is 45.4 Å². The third-order valence-corrected chi connectivity index (χ3v) is 4.71. The van der Waals surface area contributed by atoms with E-state index in [9.17, 15) is 4.79 Å². The Bertz CT molecular complexity index is 602. The fourth-order valence-corrected chi connectivity index (χ4v) is 3.36. The largest absolute Gasteiger partial charge is 0.375 e. The molecule has 2 N–H and O–H groups in total. The first-order chi connectivity index (χ1) is 12.8. The molecule has 0 spiro atoms. The van der Waals surface area contributed by atoms with Crippen molar-refractivity contribution >= 4 is 11.9 Å². The summed E-state index contributed by atoms with van der Waals surface area (Å²) < 4.78 is 11.6. The van der Waals surface area contributed by atoms with E-state index in [1.165, 1.54) is 0 Å². The molecule has 26 heavy (non-hydrogen) atoms. The molecule has 2 fully saturated rings. The predicted molar refractivity (Wildman–Crippen MR) is 100 cm³/mol. The van der Waals surface area contributed by atoms with E-state index >= 15 is 0 Å². The molecule has 1 amide bonds. The lowest BCUT2D eigenvalue weighted by molar-refractivity contribution is -0.0816. The molecule has 0 radical (unpaired) electrons. The van der Waals surface area contributed by atoms with Gasteiger partial charge in [-0.25, -0.2) is 0 Å². The van der Waals surface area contributed by atoms with E-state index in [1.807, 2.05) is 18.2 Å². The number of ether oxygens (including phenoxy) is 2. The van der Waals surface area contributed by atoms with Crippen molar-refractivity contribution in [1.82, 2.24) is 15.5 Å². The van der Waals surface area contributed by atoms with Crippen LogP contribution in [0.4, 0.5) is 0 Å². The van der Waals surface area contributed by atoms with Crippen molar-refractivity contribution in [3.8, 4) is 0 Å². The zero-order chi connectivity index (χ0) is 18.2. The molecule has 2 saturated heterocycles. The molecule has 0 saturated carbocycles. The number of nitrogens with one attached hydrogen (secondary N) is 2. The van der Waals surface area contributed by atoms with Crippen molar-refractivity contribution in [2.24, 2.45) is 4.99 Å². The zero-order valence-corrected chi connectivity index (χ0v) is 15.3. The molecule has 2 heterocycles. The third-order valence-electron chi connectivity index (χ3n) is 4.71. The minimum absolute atomic E-state index is 0.0628. The molecule has 7 nitrogen and oxygen atoms in total. The molecule has 3 rings (SSSR count). The first kappa shape index (κ1) is 18.7. The summed E-state index contributed by atoms with van der Waals surface area (Å²) in [4.78, 5) is 18.6. The van der Waals surface area contributed by atoms with Crippen LogP contribution in [0.15, 0.2) is 35.3 Å². The average Bonchev–Trinajstić information content (AvgIpc) is 3.23. The first-order valence-corrected chi connectivity index (χ1v) is 9.30. The minimum Gasteiger partial charge on any atom is -0.375 e. The van der Waals surface area contributed by atoms with Gasteiger partial charge in [-0.3, -0.25) is 9.79 Å². The zero-order valence-electron chi connectivity index (χ0n) is 15.3. The van der Waals surface area contributed by atoms with Crippen LogP contribution in [0.5, 0.6) is 0 Å². The van der Waals surface area contributed by atoms with E-state index in [-0.39, 0.29) is 18.1 Å². The van der Waals surface area contributed by atoms with E-state index in [2.05, 4.69) is 20.5 Å². The van der Waals surface area contributed by atoms with Gasteiger partial charge in [-0.05, 0) is 25.0 Å². The highest BCUT2D eigenvalue weighted by atomic mass is 16.5. The lowest BCUT2D eigenvalue weighted by atomic mass is 10.1. The lowest BCUT2D eigenvalue weighted by Gasteiger charge is -2.37. The summed E-state index contributed by atoms with van der Waals surface area (Å²) in [5, 5.41) is 6.24. The van der Waals surface area contributed by atoms with Gasteiger partial charge in [-0.15, -0.1) is 0 Å². The maximum Gasteiger partial charge on any atom is 0.251 e. The maximum atomic E-state index is 12.0. The second kappa shape index (κ2) is 9.54. The fraction of sp³-hybridized carbons (Fsp3) is 0.579. The number of morpholine rings is 1. The van der Waals surface area contributed by atoms with Crippen molar-refractivity contribution in [1.29, 1.82) is 0 Å². The third kappa shape index (κ3) is 4.95. The van der Waals surface area contributed by atoms with Crippen molar-refractivity contribution in [2.45, 2.75) is 25.0 Å². The summed E-state index contributed by atoms with van der Waals surface area (Å²) in [6, 6.07) is 9.23. The van der Waals surface area contributed by atoms with Crippen molar-refractivity contribution in [3.05, 3.63) is 35.9 Å². The molecule has 1 aromatic carbocycles. The highest BCUT2D eigenvalue weighted by Crippen LogP contribution is 2.20. The van der Waals surface area contributed by atoms with Gasteiger partial charge in [0.25, 0.3) is 5.91 Å². The van der Waals surface area contributed by atoms with Gasteiger partial charge in [-0.2, -0.15) is 0 Å². The number of carbonyl (C=O) groups is 1. The number of aliphatic imine (C=N–C) groups is 1. The Morgan fingerprint density at radius 2 is 1.92 bits per heavy atom. The van der Waals surface area contributed by atoms with E-state index in [0.29, 0.717) is 25.3 Å². The number of carbonyl (C=O) groups excluding carboxylic acids is 1. The number of nitrogens with zero attached hydrogens (tertiary/aromatic N) is 2. The summed E-state index contributed by atoms with van der Waals surface area (Å²) in [6.07, 6.45) is 2.47. The summed E-state index contributed by atoms with van der Waals surface area (Å²) >= 11 is 0. The smallest absolute Gasteiger partial charge is 0.251 e. The van der Waals surface area contributed by atoms with Crippen LogP contribution in [0.2, 0.25) is 0 Å². The van der Waals surface area contributed by atoms with Crippen molar-refractivity contribution in [3.63, 3.8) is 0 Å². The molecule has 2 unspecified atom stereocenters. The van der Waals surface area contributed by atoms with Crippen molar-refractivity contribution < 1.29 is 14.3 Å². The Balaban J connectivity index is 1.42. The Kier molecular flexibility index (Phi) is 6.85. The summed E-state index contributed by atoms with van der Waals surface area (Å²) in [5.74, 6) is 0.775. The highest BCUT2D eigenvalue weighted by molar-refractivity contribution is 5.94. The van der Waals surface area contributed by atoms with Crippen LogP contribution in [0.3, 0.4) is 0 Å². The molecular weight excluding hydrogens is 332 g/mol. The van der Waals surface area contributed by atoms with Gasteiger partial charge in [-0.1, -0.05) is 18.2 Å². The van der Waals surface area contributed by atoms with Crippen LogP contribution in [0, 0.1) is 0 Å². The van der Waals surface area contributed by atoms with E-state index in [1.54, 1.807) is 19.2 Å². The summed E-state index contributed by atoms with van der Waals surface area (Å²) in [6.45, 7) is 4.24. The van der Waals surface area contributed by atoms with Gasteiger partial charge in [0.2, 0.25) is 0 Å². The Hall–Kier alpha value is -2.12. The Morgan fingerprint density at radius 3 is 2.65 bits per heavy atom. The normalized spacial score (nSPS) is 23.7. The first-order valence-electron chi connectivity index (χ1n) is 9.30. The molecule has 1 aromatic rings. The highest BCUT2D eigenvalue weighted by Gasteiger charge is 2.32. The van der Waals surface area contributed by atoms with Crippen molar-refractivity contribution in [2.75, 3.05) is 46.4 Å². The summed E-state index contributed by atoms with van der Waals surface area (Å²) in [5.41, 5.74) is 0.671. The van der Waals surface area contributed by atoms with Gasteiger partial charge in [0.1, 0.15) is 6.10 Å². The predicted octanol–water partition coefficient (Wildman–Crippen LogP) is 0.872. The lowest BCUT2D eigenvalue weighted by Crippen LogP contribution is -2.54. The number of amides is 1. The summed E-state index contributed by atoms with van der Waals surface area (Å²) in [7, 11) is 1.78. The second-order valence-electron chi connectivity index (χ2n) is 6.50. The molecule has 2 atom stereocenters. The maximum absolute atomic E-state index is 12.0. The van der Waals surface area contributed by atoms with Crippen LogP contribution in [-0.4, -0.2) is 75.4 Å². The monoisotopic (exact) mass is 360 g/mol. The number of hydrogen-bond donors (Lipinski definition) is 2. The van der Waals surface area contributed by atoms with Crippen LogP contribution in [0.25, 0.3) is 0 Å². The van der Waals surface area contributed by atoms with Crippen LogP contribution in [-0.2, 0) is 9.47 Å². The van der Waals surface area contributed by atoms with Gasteiger partial charge in [0.05, 0.1) is 12.7 Å². The Morgan fingerprint density at radius 1 is 1.15 bits per heavy atom. The molecule has 0 bridgehead atoms. The molecular formula is C19H28N4O3. The standard InChI is InChI=1S/C19H28N4O3/c1-20-19(22-10-9-21-18(24)15-6-3-2-4-7-15)23-11-13-26-17(14-23)16-8-5-12-25-16/h2-4,6-7,16-17H,5,8-14H2,1H3,(H,20,22)(H,21,24). The topological polar surface area (TPSA) is 75.2 Å². The average molecular weight is 360 g/mol. The molecule has 0 aliphatic carbocycles. The van der Waals surface area contributed by atoms with Gasteiger partial charge in [0.15, 0.2) is 5.96 Å². The number of rotatable bonds is 5. The molecule has 2 aliphatic heterocycles. The molecule has 142 valence electrons. The molecule has 7 heteroatoms. The van der Waals surface area contributed by atoms with Gasteiger partial charge < -0.3 is 25.0 Å². The Labute approximate surface area is 154 Å². The van der Waals surface area contributed by atoms with Gasteiger partial charge >= 0.3 is 0 Å². The molecule has 2 aliphatic rings. The SMILES string of the molecule is CN=C(NCCNC(=O)c1ccccc1)N1CCOC(C2CCCO2)C1. The fourth-order valence-electron chi connectivity index (χ4n) is 3.36. The second-order valence-corrected chi connectivity index (χ2v) is 6.50. The minimum atomic E-state index is -0.0628. The van der Waals surface area contributed by atoms with E-state index in [0.717, 1.165) is 38.5 Å². The number of benzene rings is 1. The number of hydrogen-bond acceptors (Lipinski definition) is 4. The van der Waals surface area contributed by atoms with E-state index in [4.69, 9.17) is 9.47 Å². The van der Waals surface area contributed by atoms with Crippen LogP contribution < -0.4 is 10.6 Å². The quantitative estimate of drug-likeness (QED) is 0.463. The van der Waals surface area contributed by atoms with Crippen LogP contribution in [0.1, 0.15) is 23.2 Å². The number of guanidine groups is 1. The molecule has 0 aromatic heterocycles.